The van der Waals surface area contributed by atoms with Gasteiger partial charge in [0.15, 0.2) is 17.3 Å². The molecule has 0 fully saturated rings. The van der Waals surface area contributed by atoms with Gasteiger partial charge in [0.25, 0.3) is 5.91 Å². The van der Waals surface area contributed by atoms with E-state index in [1.807, 2.05) is 25.4 Å². The molecule has 4 heterocycles. The molecule has 11 nitrogen and oxygen atoms in total. The second-order valence-electron chi connectivity index (χ2n) is 6.27. The molecule has 0 bridgehead atoms. The van der Waals surface area contributed by atoms with Crippen LogP contribution in [0.2, 0.25) is 0 Å². The summed E-state index contributed by atoms with van der Waals surface area (Å²) in [5, 5.41) is 14.6. The van der Waals surface area contributed by atoms with Gasteiger partial charge in [-0.2, -0.15) is 10.2 Å². The van der Waals surface area contributed by atoms with Crippen LogP contribution in [0.15, 0.2) is 36.7 Å². The van der Waals surface area contributed by atoms with Crippen LogP contribution in [0.3, 0.4) is 0 Å². The molecule has 4 aromatic heterocycles. The summed E-state index contributed by atoms with van der Waals surface area (Å²) in [7, 11) is 3.29. The number of carbonyl (C=O) groups is 1. The normalized spacial score (nSPS) is 11.0. The van der Waals surface area contributed by atoms with E-state index < -0.39 is 0 Å². The zero-order chi connectivity index (χ0) is 20.4. The summed E-state index contributed by atoms with van der Waals surface area (Å²) in [4.78, 5) is 25.3. The first-order valence-electron chi connectivity index (χ1n) is 8.79. The molecule has 0 aliphatic rings. The van der Waals surface area contributed by atoms with Crippen LogP contribution in [0.1, 0.15) is 5.82 Å². The van der Waals surface area contributed by atoms with Crippen LogP contribution in [0.4, 0.5) is 17.5 Å². The number of nitrogens with zero attached hydrogens (tertiary/aromatic N) is 7. The topological polar surface area (TPSA) is 124 Å². The number of fused-ring (bicyclic) bond motifs is 1. The van der Waals surface area contributed by atoms with E-state index in [-0.39, 0.29) is 12.5 Å². The predicted octanol–water partition coefficient (Wildman–Crippen LogP) is 1.56. The number of methoxy groups -OCH3 is 1. The number of amides is 1. The smallest absolute Gasteiger partial charge is 0.251 e. The number of nitrogens with one attached hydrogen (secondary N) is 2. The van der Waals surface area contributed by atoms with Gasteiger partial charge in [0.1, 0.15) is 23.9 Å². The molecule has 4 rings (SSSR count). The quantitative estimate of drug-likeness (QED) is 0.506. The highest BCUT2D eigenvalue weighted by atomic mass is 16.5. The van der Waals surface area contributed by atoms with Crippen molar-refractivity contribution in [2.75, 3.05) is 24.4 Å². The predicted molar refractivity (Wildman–Crippen MR) is 106 cm³/mol. The van der Waals surface area contributed by atoms with Gasteiger partial charge in [-0.3, -0.25) is 9.48 Å². The SMILES string of the molecule is COCC(=O)Nc1cc(-c2c(Nc3ccn(C)n3)nc3cccnn23)nc(C)n1. The van der Waals surface area contributed by atoms with E-state index in [0.29, 0.717) is 40.3 Å². The number of hydrogen-bond acceptors (Lipinski definition) is 8. The van der Waals surface area contributed by atoms with Crippen molar-refractivity contribution in [2.24, 2.45) is 7.05 Å². The maximum atomic E-state index is 11.9. The monoisotopic (exact) mass is 393 g/mol. The van der Waals surface area contributed by atoms with E-state index in [2.05, 4.69) is 35.8 Å². The lowest BCUT2D eigenvalue weighted by molar-refractivity contribution is -0.119. The van der Waals surface area contributed by atoms with Crippen molar-refractivity contribution in [3.63, 3.8) is 0 Å². The Kier molecular flexibility index (Phi) is 4.87. The second kappa shape index (κ2) is 7.64. The first kappa shape index (κ1) is 18.5. The Morgan fingerprint density at radius 1 is 1.21 bits per heavy atom. The lowest BCUT2D eigenvalue weighted by Crippen LogP contribution is -2.18. The standard InChI is InChI=1S/C18H19N9O2/c1-11-20-12(9-14(21-11)22-16(28)10-29-3)17-18(23-13-6-8-26(2)25-13)24-15-5-4-7-19-27(15)17/h4-9H,10H2,1-3H3,(H,23,25)(H,20,21,22,28). The number of hydrogen-bond donors (Lipinski definition) is 2. The van der Waals surface area contributed by atoms with Crippen molar-refractivity contribution in [2.45, 2.75) is 6.92 Å². The van der Waals surface area contributed by atoms with Crippen LogP contribution >= 0.6 is 0 Å². The molecule has 29 heavy (non-hydrogen) atoms. The molecule has 0 aliphatic carbocycles. The summed E-state index contributed by atoms with van der Waals surface area (Å²) in [5.74, 6) is 1.72. The van der Waals surface area contributed by atoms with E-state index in [1.165, 1.54) is 7.11 Å². The Hall–Kier alpha value is -3.86. The molecule has 0 radical (unpaired) electrons. The number of aryl methyl sites for hydroxylation is 2. The van der Waals surface area contributed by atoms with Crippen LogP contribution < -0.4 is 10.6 Å². The van der Waals surface area contributed by atoms with Crippen molar-refractivity contribution in [3.05, 3.63) is 42.5 Å². The third-order valence-corrected chi connectivity index (χ3v) is 3.98. The first-order valence-corrected chi connectivity index (χ1v) is 8.79. The summed E-state index contributed by atoms with van der Waals surface area (Å²) < 4.78 is 8.22. The molecular weight excluding hydrogens is 374 g/mol. The third kappa shape index (κ3) is 3.89. The highest BCUT2D eigenvalue weighted by molar-refractivity contribution is 5.91. The van der Waals surface area contributed by atoms with Gasteiger partial charge in [0.2, 0.25) is 0 Å². The molecule has 1 amide bonds. The van der Waals surface area contributed by atoms with Gasteiger partial charge in [0, 0.05) is 38.7 Å². The molecule has 11 heteroatoms. The van der Waals surface area contributed by atoms with Crippen LogP contribution in [0.25, 0.3) is 17.0 Å². The third-order valence-electron chi connectivity index (χ3n) is 3.98. The van der Waals surface area contributed by atoms with Crippen molar-refractivity contribution >= 4 is 29.0 Å². The Labute approximate surface area is 165 Å². The minimum Gasteiger partial charge on any atom is -0.375 e. The molecule has 0 aromatic carbocycles. The van der Waals surface area contributed by atoms with Gasteiger partial charge in [-0.15, -0.1) is 0 Å². The van der Waals surface area contributed by atoms with Crippen molar-refractivity contribution in [1.29, 1.82) is 0 Å². The Balaban J connectivity index is 1.81. The fourth-order valence-electron chi connectivity index (χ4n) is 2.87. The van der Waals surface area contributed by atoms with Crippen molar-refractivity contribution < 1.29 is 9.53 Å². The number of ether oxygens (including phenoxy) is 1. The summed E-state index contributed by atoms with van der Waals surface area (Å²) in [6.45, 7) is 1.68. The molecule has 0 spiro atoms. The minimum atomic E-state index is -0.306. The summed E-state index contributed by atoms with van der Waals surface area (Å²) in [5.41, 5.74) is 1.82. The van der Waals surface area contributed by atoms with Gasteiger partial charge in [-0.1, -0.05) is 0 Å². The Morgan fingerprint density at radius 3 is 2.83 bits per heavy atom. The highest BCUT2D eigenvalue weighted by Gasteiger charge is 2.19. The van der Waals surface area contributed by atoms with Gasteiger partial charge >= 0.3 is 0 Å². The average Bonchev–Trinajstić information content (AvgIpc) is 3.24. The van der Waals surface area contributed by atoms with Crippen LogP contribution in [0.5, 0.6) is 0 Å². The van der Waals surface area contributed by atoms with Crippen LogP contribution in [-0.2, 0) is 16.6 Å². The molecule has 0 atom stereocenters. The lowest BCUT2D eigenvalue weighted by Gasteiger charge is -2.09. The van der Waals surface area contributed by atoms with E-state index in [0.717, 1.165) is 0 Å². The zero-order valence-electron chi connectivity index (χ0n) is 16.1. The van der Waals surface area contributed by atoms with Gasteiger partial charge in [-0.05, 0) is 19.1 Å². The summed E-state index contributed by atoms with van der Waals surface area (Å²) in [6, 6.07) is 7.15. The largest absolute Gasteiger partial charge is 0.375 e. The number of anilines is 3. The van der Waals surface area contributed by atoms with Crippen molar-refractivity contribution in [3.8, 4) is 11.4 Å². The summed E-state index contributed by atoms with van der Waals surface area (Å²) >= 11 is 0. The Morgan fingerprint density at radius 2 is 2.07 bits per heavy atom. The second-order valence-corrected chi connectivity index (χ2v) is 6.27. The van der Waals surface area contributed by atoms with Crippen LogP contribution in [0, 0.1) is 6.92 Å². The molecular formula is C18H19N9O2. The number of rotatable bonds is 6. The minimum absolute atomic E-state index is 0.0674. The first-order chi connectivity index (χ1) is 14.0. The number of aromatic nitrogens is 7. The van der Waals surface area contributed by atoms with E-state index in [4.69, 9.17) is 4.74 Å². The molecule has 0 unspecified atom stereocenters. The van der Waals surface area contributed by atoms with Crippen molar-refractivity contribution in [1.82, 2.24) is 34.3 Å². The fourth-order valence-corrected chi connectivity index (χ4v) is 2.87. The molecule has 0 saturated carbocycles. The van der Waals surface area contributed by atoms with Crippen LogP contribution in [-0.4, -0.2) is 54.0 Å². The van der Waals surface area contributed by atoms with Gasteiger partial charge in [-0.25, -0.2) is 19.5 Å². The molecule has 4 aromatic rings. The zero-order valence-corrected chi connectivity index (χ0v) is 16.1. The van der Waals surface area contributed by atoms with E-state index >= 15 is 0 Å². The molecule has 2 N–H and O–H groups in total. The van der Waals surface area contributed by atoms with E-state index in [9.17, 15) is 4.79 Å². The summed E-state index contributed by atoms with van der Waals surface area (Å²) in [6.07, 6.45) is 3.49. The molecule has 0 saturated heterocycles. The number of imidazole rings is 1. The maximum absolute atomic E-state index is 11.9. The van der Waals surface area contributed by atoms with E-state index in [1.54, 1.807) is 34.5 Å². The highest BCUT2D eigenvalue weighted by Crippen LogP contribution is 2.30. The Bertz CT molecular complexity index is 1180. The lowest BCUT2D eigenvalue weighted by atomic mass is 10.2. The average molecular weight is 393 g/mol. The molecule has 0 aliphatic heterocycles. The number of carbonyl (C=O) groups excluding carboxylic acids is 1. The fraction of sp³-hybridized carbons (Fsp3) is 0.222. The van der Waals surface area contributed by atoms with Gasteiger partial charge < -0.3 is 15.4 Å². The van der Waals surface area contributed by atoms with Gasteiger partial charge in [0.05, 0.1) is 5.69 Å². The molecule has 148 valence electrons. The maximum Gasteiger partial charge on any atom is 0.251 e.